The second-order valence-electron chi connectivity index (χ2n) is 7.44. The first-order valence-electron chi connectivity index (χ1n) is 10.3. The summed E-state index contributed by atoms with van der Waals surface area (Å²) >= 11 is 0. The maximum Gasteiger partial charge on any atom is 0.232 e. The van der Waals surface area contributed by atoms with Gasteiger partial charge in [0, 0.05) is 30.4 Å². The van der Waals surface area contributed by atoms with Crippen molar-refractivity contribution in [2.45, 2.75) is 12.5 Å². The topological polar surface area (TPSA) is 109 Å². The van der Waals surface area contributed by atoms with Crippen molar-refractivity contribution in [3.05, 3.63) is 61.1 Å². The molecule has 1 saturated heterocycles. The summed E-state index contributed by atoms with van der Waals surface area (Å²) in [6, 6.07) is 15.4. The van der Waals surface area contributed by atoms with Crippen LogP contribution in [0.4, 0.5) is 17.6 Å². The van der Waals surface area contributed by atoms with E-state index < -0.39 is 0 Å². The van der Waals surface area contributed by atoms with Crippen LogP contribution in [0.15, 0.2) is 65.5 Å². The quantitative estimate of drug-likeness (QED) is 0.475. The van der Waals surface area contributed by atoms with E-state index in [2.05, 4.69) is 25.3 Å². The molecule has 32 heavy (non-hydrogen) atoms. The number of aromatic nitrogens is 4. The highest BCUT2D eigenvalue weighted by Crippen LogP contribution is 2.33. The van der Waals surface area contributed by atoms with Crippen LogP contribution in [0.3, 0.4) is 0 Å². The van der Waals surface area contributed by atoms with E-state index in [-0.39, 0.29) is 6.10 Å². The highest BCUT2D eigenvalue weighted by Gasteiger charge is 2.24. The molecule has 0 amide bonds. The third-order valence-corrected chi connectivity index (χ3v) is 5.26. The van der Waals surface area contributed by atoms with Gasteiger partial charge in [-0.3, -0.25) is 0 Å². The van der Waals surface area contributed by atoms with E-state index in [0.717, 1.165) is 16.8 Å². The minimum atomic E-state index is -0.378. The number of methoxy groups -OCH3 is 1. The van der Waals surface area contributed by atoms with Gasteiger partial charge in [0.1, 0.15) is 5.75 Å². The average molecular weight is 430 g/mol. The second kappa shape index (κ2) is 8.64. The Morgan fingerprint density at radius 2 is 2.00 bits per heavy atom. The minimum Gasteiger partial charge on any atom is -0.496 e. The molecule has 2 N–H and O–H groups in total. The third-order valence-electron chi connectivity index (χ3n) is 5.26. The number of β-amino-alcohol motifs (C(OH)–C–C–N with tert-alkyl or cyclic N) is 1. The summed E-state index contributed by atoms with van der Waals surface area (Å²) in [5.41, 5.74) is 2.43. The lowest BCUT2D eigenvalue weighted by molar-refractivity contribution is 0.198. The molecule has 1 unspecified atom stereocenters. The first kappa shape index (κ1) is 20.0. The van der Waals surface area contributed by atoms with Gasteiger partial charge in [-0.05, 0) is 18.6 Å². The fraction of sp³-hybridized carbons (Fsp3) is 0.217. The minimum absolute atomic E-state index is 0.378. The zero-order chi connectivity index (χ0) is 21.9. The lowest BCUT2D eigenvalue weighted by Crippen LogP contribution is -2.24. The summed E-state index contributed by atoms with van der Waals surface area (Å²) in [5.74, 6) is 2.75. The Morgan fingerprint density at radius 3 is 2.72 bits per heavy atom. The van der Waals surface area contributed by atoms with Crippen LogP contribution < -0.4 is 15.0 Å². The van der Waals surface area contributed by atoms with Gasteiger partial charge in [0.15, 0.2) is 18.0 Å². The number of aliphatic hydroxyl groups excluding tert-OH is 1. The number of hydrogen-bond acceptors (Lipinski definition) is 9. The average Bonchev–Trinajstić information content (AvgIpc) is 3.51. The Bertz CT molecular complexity index is 1200. The molecule has 0 saturated carbocycles. The van der Waals surface area contributed by atoms with Crippen molar-refractivity contribution < 1.29 is 14.3 Å². The zero-order valence-electron chi connectivity index (χ0n) is 17.5. The maximum absolute atomic E-state index is 9.96. The summed E-state index contributed by atoms with van der Waals surface area (Å²) < 4.78 is 10.9. The zero-order valence-corrected chi connectivity index (χ0v) is 17.5. The summed E-state index contributed by atoms with van der Waals surface area (Å²) in [6.07, 6.45) is 3.33. The van der Waals surface area contributed by atoms with Crippen LogP contribution in [0.1, 0.15) is 6.42 Å². The molecule has 2 aromatic heterocycles. The van der Waals surface area contributed by atoms with Gasteiger partial charge in [0.2, 0.25) is 11.9 Å². The van der Waals surface area contributed by atoms with Gasteiger partial charge in [0.05, 0.1) is 25.0 Å². The standard InChI is InChI=1S/C23H22N6O3/c1-31-19-11-16(7-8-18(19)20-12-24-14-32-20)25-22-26-21(15-5-3-2-4-6-15)27-23(28-22)29-10-9-17(30)13-29/h2-8,11-12,14,17,30H,9-10,13H2,1H3,(H,25,26,27,28). The fourth-order valence-electron chi connectivity index (χ4n) is 3.65. The molecule has 1 fully saturated rings. The molecule has 1 aliphatic rings. The van der Waals surface area contributed by atoms with E-state index in [1.54, 1.807) is 13.3 Å². The molecule has 5 rings (SSSR count). The van der Waals surface area contributed by atoms with Gasteiger partial charge in [-0.1, -0.05) is 30.3 Å². The number of nitrogens with one attached hydrogen (secondary N) is 1. The smallest absolute Gasteiger partial charge is 0.232 e. The Hall–Kier alpha value is -3.98. The molecular formula is C23H22N6O3. The van der Waals surface area contributed by atoms with Crippen LogP contribution in [0.25, 0.3) is 22.7 Å². The molecule has 0 bridgehead atoms. The van der Waals surface area contributed by atoms with Crippen molar-refractivity contribution in [1.82, 2.24) is 19.9 Å². The number of ether oxygens (including phenoxy) is 1. The number of hydrogen-bond donors (Lipinski definition) is 2. The van der Waals surface area contributed by atoms with Gasteiger partial charge < -0.3 is 24.5 Å². The van der Waals surface area contributed by atoms with E-state index in [9.17, 15) is 5.11 Å². The molecule has 3 heterocycles. The molecule has 0 aliphatic carbocycles. The van der Waals surface area contributed by atoms with Crippen molar-refractivity contribution in [1.29, 1.82) is 0 Å². The highest BCUT2D eigenvalue weighted by atomic mass is 16.5. The Labute approximate surface area is 184 Å². The lowest BCUT2D eigenvalue weighted by atomic mass is 10.1. The van der Waals surface area contributed by atoms with Gasteiger partial charge >= 0.3 is 0 Å². The number of aliphatic hydroxyl groups is 1. The van der Waals surface area contributed by atoms with Crippen molar-refractivity contribution in [2.75, 3.05) is 30.4 Å². The van der Waals surface area contributed by atoms with Crippen molar-refractivity contribution in [2.24, 2.45) is 0 Å². The summed E-state index contributed by atoms with van der Waals surface area (Å²) in [7, 11) is 1.60. The third kappa shape index (κ3) is 4.10. The molecule has 1 atom stereocenters. The monoisotopic (exact) mass is 430 g/mol. The van der Waals surface area contributed by atoms with Crippen molar-refractivity contribution in [3.8, 4) is 28.5 Å². The van der Waals surface area contributed by atoms with Gasteiger partial charge in [0.25, 0.3) is 0 Å². The normalized spacial score (nSPS) is 15.7. The molecule has 4 aromatic rings. The maximum atomic E-state index is 9.96. The number of rotatable bonds is 6. The van der Waals surface area contributed by atoms with E-state index in [1.165, 1.54) is 6.39 Å². The molecule has 2 aromatic carbocycles. The van der Waals surface area contributed by atoms with E-state index >= 15 is 0 Å². The molecular weight excluding hydrogens is 408 g/mol. The van der Waals surface area contributed by atoms with Crippen LogP contribution >= 0.6 is 0 Å². The number of anilines is 3. The largest absolute Gasteiger partial charge is 0.496 e. The SMILES string of the molecule is COc1cc(Nc2nc(-c3ccccc3)nc(N3CCC(O)C3)n2)ccc1-c1cnco1. The van der Waals surface area contributed by atoms with E-state index in [1.807, 2.05) is 53.4 Å². The van der Waals surface area contributed by atoms with Crippen LogP contribution in [0.5, 0.6) is 5.75 Å². The van der Waals surface area contributed by atoms with Gasteiger partial charge in [-0.25, -0.2) is 4.98 Å². The van der Waals surface area contributed by atoms with Crippen LogP contribution in [-0.2, 0) is 0 Å². The first-order valence-corrected chi connectivity index (χ1v) is 10.3. The molecule has 9 heteroatoms. The van der Waals surface area contributed by atoms with Crippen molar-refractivity contribution in [3.63, 3.8) is 0 Å². The molecule has 9 nitrogen and oxygen atoms in total. The van der Waals surface area contributed by atoms with E-state index in [4.69, 9.17) is 9.15 Å². The predicted octanol–water partition coefficient (Wildman–Crippen LogP) is 3.52. The second-order valence-corrected chi connectivity index (χ2v) is 7.44. The molecule has 1 aliphatic heterocycles. The fourth-order valence-corrected chi connectivity index (χ4v) is 3.65. The molecule has 162 valence electrons. The lowest BCUT2D eigenvalue weighted by Gasteiger charge is -2.17. The summed E-state index contributed by atoms with van der Waals surface area (Å²) in [5, 5.41) is 13.2. The highest BCUT2D eigenvalue weighted by molar-refractivity contribution is 5.71. The number of benzene rings is 2. The Kier molecular flexibility index (Phi) is 5.39. The predicted molar refractivity (Wildman–Crippen MR) is 120 cm³/mol. The molecule has 0 spiro atoms. The van der Waals surface area contributed by atoms with E-state index in [0.29, 0.717) is 48.7 Å². The van der Waals surface area contributed by atoms with Gasteiger partial charge in [-0.15, -0.1) is 0 Å². The summed E-state index contributed by atoms with van der Waals surface area (Å²) in [6.45, 7) is 1.19. The number of nitrogens with zero attached hydrogens (tertiary/aromatic N) is 5. The Balaban J connectivity index is 1.50. The number of oxazole rings is 1. The summed E-state index contributed by atoms with van der Waals surface area (Å²) in [4.78, 5) is 19.8. The Morgan fingerprint density at radius 1 is 1.12 bits per heavy atom. The van der Waals surface area contributed by atoms with Crippen LogP contribution in [-0.4, -0.2) is 51.3 Å². The van der Waals surface area contributed by atoms with Crippen LogP contribution in [0.2, 0.25) is 0 Å². The van der Waals surface area contributed by atoms with Gasteiger partial charge in [-0.2, -0.15) is 15.0 Å². The first-order chi connectivity index (χ1) is 15.7. The van der Waals surface area contributed by atoms with Crippen molar-refractivity contribution >= 4 is 17.6 Å². The molecule has 0 radical (unpaired) electrons. The van der Waals surface area contributed by atoms with Crippen LogP contribution in [0, 0.1) is 0 Å².